The molecule has 0 bridgehead atoms. The first kappa shape index (κ1) is 25.9. The number of rotatable bonds is 7. The van der Waals surface area contributed by atoms with Crippen LogP contribution >= 0.6 is 0 Å². The molecule has 0 atom stereocenters. The summed E-state index contributed by atoms with van der Waals surface area (Å²) in [4.78, 5) is 15.9. The van der Waals surface area contributed by atoms with Gasteiger partial charge in [-0.2, -0.15) is 0 Å². The maximum absolute atomic E-state index is 13.9. The number of hydrogen-bond acceptors (Lipinski definition) is 6. The second kappa shape index (κ2) is 9.73. The number of imidazole rings is 1. The summed E-state index contributed by atoms with van der Waals surface area (Å²) in [6, 6.07) is 12.3. The van der Waals surface area contributed by atoms with Gasteiger partial charge in [0.05, 0.1) is 29.8 Å². The summed E-state index contributed by atoms with van der Waals surface area (Å²) >= 11 is 0. The van der Waals surface area contributed by atoms with Gasteiger partial charge in [-0.05, 0) is 61.0 Å². The van der Waals surface area contributed by atoms with Crippen LogP contribution in [-0.4, -0.2) is 37.2 Å². The molecule has 0 fully saturated rings. The van der Waals surface area contributed by atoms with Gasteiger partial charge in [0.25, 0.3) is 10.0 Å². The van der Waals surface area contributed by atoms with Gasteiger partial charge >= 0.3 is 12.3 Å². The zero-order chi connectivity index (χ0) is 27.0. The van der Waals surface area contributed by atoms with Gasteiger partial charge in [-0.3, -0.25) is 4.40 Å². The van der Waals surface area contributed by atoms with Gasteiger partial charge in [0.1, 0.15) is 17.2 Å². The van der Waals surface area contributed by atoms with Crippen LogP contribution in [0.3, 0.4) is 0 Å². The number of aromatic nitrogens is 2. The highest BCUT2D eigenvalue weighted by atomic mass is 32.2. The van der Waals surface area contributed by atoms with Crippen molar-refractivity contribution >= 4 is 27.5 Å². The van der Waals surface area contributed by atoms with Gasteiger partial charge in [0, 0.05) is 6.20 Å². The second-order valence-electron chi connectivity index (χ2n) is 7.82. The quantitative estimate of drug-likeness (QED) is 0.247. The van der Waals surface area contributed by atoms with Gasteiger partial charge in [-0.25, -0.2) is 26.9 Å². The Labute approximate surface area is 208 Å². The maximum Gasteiger partial charge on any atom is 0.573 e. The molecule has 0 saturated heterocycles. The number of esters is 1. The van der Waals surface area contributed by atoms with Crippen molar-refractivity contribution in [3.05, 3.63) is 89.5 Å². The number of alkyl halides is 3. The standard InChI is InChI=1S/C24H19F4N3O5S/c1-15-22(29-21-12-7-18(25)14-30(15)21)31(13-16-3-8-19(9-4-16)36-24(26,27)28)37(33,34)20-10-5-17(6-11-20)23(32)35-2/h3-12,14H,13H2,1-2H3. The predicted octanol–water partition coefficient (Wildman–Crippen LogP) is 4.86. The number of pyridine rings is 1. The summed E-state index contributed by atoms with van der Waals surface area (Å²) in [6.07, 6.45) is -3.73. The summed E-state index contributed by atoms with van der Waals surface area (Å²) in [6.45, 7) is 1.23. The lowest BCUT2D eigenvalue weighted by Gasteiger charge is -2.23. The fourth-order valence-electron chi connectivity index (χ4n) is 3.60. The van der Waals surface area contributed by atoms with Crippen molar-refractivity contribution in [2.75, 3.05) is 11.4 Å². The third-order valence-electron chi connectivity index (χ3n) is 5.38. The van der Waals surface area contributed by atoms with E-state index < -0.39 is 33.9 Å². The number of anilines is 1. The molecule has 0 aliphatic carbocycles. The average Bonchev–Trinajstić information content (AvgIpc) is 3.17. The van der Waals surface area contributed by atoms with Crippen LogP contribution < -0.4 is 9.04 Å². The van der Waals surface area contributed by atoms with Gasteiger partial charge in [-0.1, -0.05) is 12.1 Å². The van der Waals surface area contributed by atoms with Crippen LogP contribution in [0.1, 0.15) is 21.6 Å². The van der Waals surface area contributed by atoms with E-state index in [-0.39, 0.29) is 28.5 Å². The number of hydrogen-bond donors (Lipinski definition) is 0. The largest absolute Gasteiger partial charge is 0.573 e. The molecule has 13 heteroatoms. The molecular formula is C24H19F4N3O5S. The number of ether oxygens (including phenoxy) is 2. The van der Waals surface area contributed by atoms with Gasteiger partial charge in [-0.15, -0.1) is 13.2 Å². The van der Waals surface area contributed by atoms with Crippen LogP contribution in [0.15, 0.2) is 71.8 Å². The van der Waals surface area contributed by atoms with E-state index in [0.717, 1.165) is 22.6 Å². The number of methoxy groups -OCH3 is 1. The van der Waals surface area contributed by atoms with E-state index in [1.165, 1.54) is 60.0 Å². The van der Waals surface area contributed by atoms with Crippen LogP contribution in [0.2, 0.25) is 0 Å². The number of nitrogens with zero attached hydrogens (tertiary/aromatic N) is 3. The SMILES string of the molecule is COC(=O)c1ccc(S(=O)(=O)N(Cc2ccc(OC(F)(F)F)cc2)c2nc3ccc(F)cn3c2C)cc1. The Morgan fingerprint density at radius 3 is 2.27 bits per heavy atom. The van der Waals surface area contributed by atoms with Crippen LogP contribution in [0.25, 0.3) is 5.65 Å². The molecule has 0 amide bonds. The Morgan fingerprint density at radius 2 is 1.68 bits per heavy atom. The molecular weight excluding hydrogens is 518 g/mol. The number of aryl methyl sites for hydroxylation is 1. The summed E-state index contributed by atoms with van der Waals surface area (Å²) < 4.78 is 89.7. The van der Waals surface area contributed by atoms with E-state index >= 15 is 0 Å². The van der Waals surface area contributed by atoms with E-state index in [1.54, 1.807) is 6.92 Å². The average molecular weight is 537 g/mol. The lowest BCUT2D eigenvalue weighted by atomic mass is 10.2. The van der Waals surface area contributed by atoms with Crippen LogP contribution in [0.4, 0.5) is 23.4 Å². The Kier molecular flexibility index (Phi) is 6.82. The van der Waals surface area contributed by atoms with Crippen LogP contribution in [0, 0.1) is 12.7 Å². The molecule has 0 N–H and O–H groups in total. The molecule has 0 aliphatic heterocycles. The summed E-state index contributed by atoms with van der Waals surface area (Å²) in [5, 5.41) is 0. The lowest BCUT2D eigenvalue weighted by Crippen LogP contribution is -2.31. The summed E-state index contributed by atoms with van der Waals surface area (Å²) in [5.41, 5.74) is 1.05. The number of carbonyl (C=O) groups is 1. The van der Waals surface area contributed by atoms with Crippen molar-refractivity contribution in [1.82, 2.24) is 9.38 Å². The third-order valence-corrected chi connectivity index (χ3v) is 7.13. The predicted molar refractivity (Wildman–Crippen MR) is 124 cm³/mol. The highest BCUT2D eigenvalue weighted by Gasteiger charge is 2.32. The molecule has 0 saturated carbocycles. The van der Waals surface area contributed by atoms with Crippen molar-refractivity contribution in [3.8, 4) is 5.75 Å². The molecule has 0 unspecified atom stereocenters. The second-order valence-corrected chi connectivity index (χ2v) is 9.68. The number of benzene rings is 2. The Balaban J connectivity index is 1.78. The van der Waals surface area contributed by atoms with Crippen LogP contribution in [0.5, 0.6) is 5.75 Å². The molecule has 0 spiro atoms. The topological polar surface area (TPSA) is 90.2 Å². The first-order valence-electron chi connectivity index (χ1n) is 10.6. The minimum absolute atomic E-state index is 0.0155. The number of halogens is 4. The van der Waals surface area contributed by atoms with Gasteiger partial charge < -0.3 is 9.47 Å². The minimum Gasteiger partial charge on any atom is -0.465 e. The molecule has 37 heavy (non-hydrogen) atoms. The molecule has 8 nitrogen and oxygen atoms in total. The Hall–Kier alpha value is -4.13. The van der Waals surface area contributed by atoms with Crippen LogP contribution in [-0.2, 0) is 21.3 Å². The summed E-state index contributed by atoms with van der Waals surface area (Å²) in [7, 11) is -3.13. The van der Waals surface area contributed by atoms with Crippen molar-refractivity contribution in [1.29, 1.82) is 0 Å². The van der Waals surface area contributed by atoms with E-state index in [9.17, 15) is 30.8 Å². The molecule has 2 heterocycles. The molecule has 4 aromatic rings. The molecule has 2 aromatic heterocycles. The Morgan fingerprint density at radius 1 is 1.03 bits per heavy atom. The number of sulfonamides is 1. The van der Waals surface area contributed by atoms with E-state index in [4.69, 9.17) is 0 Å². The fraction of sp³-hybridized carbons (Fsp3) is 0.167. The summed E-state index contributed by atoms with van der Waals surface area (Å²) in [5.74, 6) is -1.70. The first-order chi connectivity index (χ1) is 17.4. The number of carbonyl (C=O) groups excluding carboxylic acids is 1. The zero-order valence-corrected chi connectivity index (χ0v) is 20.2. The van der Waals surface area contributed by atoms with Crippen molar-refractivity contribution in [2.45, 2.75) is 24.7 Å². The number of fused-ring (bicyclic) bond motifs is 1. The fourth-order valence-corrected chi connectivity index (χ4v) is 5.06. The zero-order valence-electron chi connectivity index (χ0n) is 19.4. The molecule has 2 aromatic carbocycles. The minimum atomic E-state index is -4.88. The molecule has 0 radical (unpaired) electrons. The maximum atomic E-state index is 13.9. The van der Waals surface area contributed by atoms with E-state index in [1.807, 2.05) is 0 Å². The van der Waals surface area contributed by atoms with E-state index in [0.29, 0.717) is 11.3 Å². The highest BCUT2D eigenvalue weighted by Crippen LogP contribution is 2.30. The van der Waals surface area contributed by atoms with Crippen molar-refractivity contribution in [2.24, 2.45) is 0 Å². The van der Waals surface area contributed by atoms with Crippen molar-refractivity contribution in [3.63, 3.8) is 0 Å². The molecule has 0 aliphatic rings. The first-order valence-corrected chi connectivity index (χ1v) is 12.0. The lowest BCUT2D eigenvalue weighted by molar-refractivity contribution is -0.274. The van der Waals surface area contributed by atoms with Gasteiger partial charge in [0.2, 0.25) is 0 Å². The molecule has 4 rings (SSSR count). The normalized spacial score (nSPS) is 11.9. The smallest absolute Gasteiger partial charge is 0.465 e. The highest BCUT2D eigenvalue weighted by molar-refractivity contribution is 7.92. The molecule has 194 valence electrons. The van der Waals surface area contributed by atoms with Crippen molar-refractivity contribution < 1.29 is 40.2 Å². The monoisotopic (exact) mass is 537 g/mol. The van der Waals surface area contributed by atoms with E-state index in [2.05, 4.69) is 14.5 Å². The Bertz CT molecular complexity index is 1550. The van der Waals surface area contributed by atoms with Gasteiger partial charge in [0.15, 0.2) is 5.82 Å². The third kappa shape index (κ3) is 5.50.